The van der Waals surface area contributed by atoms with E-state index < -0.39 is 17.5 Å². The highest BCUT2D eigenvalue weighted by Crippen LogP contribution is 2.16. The van der Waals surface area contributed by atoms with E-state index in [4.69, 9.17) is 0 Å². The number of hydrogen-bond donors (Lipinski definition) is 3. The molecule has 2 heterocycles. The summed E-state index contributed by atoms with van der Waals surface area (Å²) in [4.78, 5) is 25.9. The highest BCUT2D eigenvalue weighted by molar-refractivity contribution is 5.94. The van der Waals surface area contributed by atoms with Gasteiger partial charge >= 0.3 is 0 Å². The summed E-state index contributed by atoms with van der Waals surface area (Å²) in [7, 11) is 0. The summed E-state index contributed by atoms with van der Waals surface area (Å²) >= 11 is 0. The monoisotopic (exact) mass is 352 g/mol. The minimum Gasteiger partial charge on any atom is -0.349 e. The van der Waals surface area contributed by atoms with Crippen LogP contribution in [0.4, 0.5) is 8.78 Å². The minimum atomic E-state index is -0.863. The number of hydrogen-bond acceptors (Lipinski definition) is 4. The number of amides is 2. The number of carbonyl (C=O) groups is 2. The van der Waals surface area contributed by atoms with E-state index in [1.54, 1.807) is 0 Å². The highest BCUT2D eigenvalue weighted by Gasteiger charge is 2.31. The first-order chi connectivity index (χ1) is 11.9. The zero-order valence-corrected chi connectivity index (χ0v) is 14.0. The van der Waals surface area contributed by atoms with Crippen molar-refractivity contribution in [3.63, 3.8) is 0 Å². The molecule has 0 radical (unpaired) electrons. The first kappa shape index (κ1) is 17.8. The molecule has 136 valence electrons. The van der Waals surface area contributed by atoms with Crippen LogP contribution in [0.2, 0.25) is 0 Å². The van der Waals surface area contributed by atoms with Gasteiger partial charge in [-0.2, -0.15) is 0 Å². The Balaban J connectivity index is 1.52. The van der Waals surface area contributed by atoms with Crippen molar-refractivity contribution in [1.82, 2.24) is 20.9 Å². The Hall–Kier alpha value is -2.06. The molecule has 2 aliphatic heterocycles. The predicted molar refractivity (Wildman–Crippen MR) is 87.6 cm³/mol. The molecular formula is C17H22F2N4O2. The standard InChI is InChI=1S/C17H22F2N4O2/c1-10-8-15(24)22-17(20-10)23-6-4-12(5-7-23)21-16(25)13-3-2-11(18)9-14(13)19/h2-3,9-10,12,17,20H,4-8H2,1H3,(H,21,25)(H,22,24). The molecule has 3 rings (SSSR count). The Morgan fingerprint density at radius 2 is 2.00 bits per heavy atom. The Morgan fingerprint density at radius 1 is 1.28 bits per heavy atom. The molecule has 2 amide bonds. The Bertz CT molecular complexity index is 662. The molecule has 0 aromatic heterocycles. The lowest BCUT2D eigenvalue weighted by atomic mass is 10.0. The van der Waals surface area contributed by atoms with Crippen molar-refractivity contribution < 1.29 is 18.4 Å². The van der Waals surface area contributed by atoms with E-state index in [9.17, 15) is 18.4 Å². The second kappa shape index (κ2) is 7.45. The molecule has 0 saturated carbocycles. The van der Waals surface area contributed by atoms with Gasteiger partial charge < -0.3 is 10.6 Å². The van der Waals surface area contributed by atoms with E-state index in [0.717, 1.165) is 12.1 Å². The second-order valence-electron chi connectivity index (χ2n) is 6.65. The van der Waals surface area contributed by atoms with E-state index in [0.29, 0.717) is 38.4 Å². The lowest BCUT2D eigenvalue weighted by molar-refractivity contribution is -0.127. The van der Waals surface area contributed by atoms with Gasteiger partial charge in [-0.1, -0.05) is 0 Å². The SMILES string of the molecule is CC1CC(=O)NC(N2CCC(NC(=O)c3ccc(F)cc3F)CC2)N1. The van der Waals surface area contributed by atoms with Crippen LogP contribution in [0.25, 0.3) is 0 Å². The summed E-state index contributed by atoms with van der Waals surface area (Å²) in [6.07, 6.45) is 1.66. The maximum atomic E-state index is 13.7. The third kappa shape index (κ3) is 4.32. The molecule has 2 saturated heterocycles. The average molecular weight is 352 g/mol. The van der Waals surface area contributed by atoms with Crippen molar-refractivity contribution in [1.29, 1.82) is 0 Å². The van der Waals surface area contributed by atoms with Gasteiger partial charge in [-0.3, -0.25) is 19.8 Å². The molecule has 6 nitrogen and oxygen atoms in total. The molecule has 3 N–H and O–H groups in total. The summed E-state index contributed by atoms with van der Waals surface area (Å²) in [6.45, 7) is 3.36. The van der Waals surface area contributed by atoms with Crippen molar-refractivity contribution in [3.8, 4) is 0 Å². The van der Waals surface area contributed by atoms with Gasteiger partial charge in [0.25, 0.3) is 5.91 Å². The van der Waals surface area contributed by atoms with Crippen molar-refractivity contribution >= 4 is 11.8 Å². The van der Waals surface area contributed by atoms with Crippen molar-refractivity contribution in [2.75, 3.05) is 13.1 Å². The second-order valence-corrected chi connectivity index (χ2v) is 6.65. The Kier molecular flexibility index (Phi) is 5.29. The van der Waals surface area contributed by atoms with E-state index in [1.165, 1.54) is 0 Å². The number of nitrogens with one attached hydrogen (secondary N) is 3. The third-order valence-electron chi connectivity index (χ3n) is 4.64. The molecule has 0 aliphatic carbocycles. The molecule has 8 heteroatoms. The fourth-order valence-electron chi connectivity index (χ4n) is 3.30. The summed E-state index contributed by atoms with van der Waals surface area (Å²) < 4.78 is 26.6. The van der Waals surface area contributed by atoms with E-state index >= 15 is 0 Å². The summed E-state index contributed by atoms with van der Waals surface area (Å²) in [6, 6.07) is 2.97. The van der Waals surface area contributed by atoms with Gasteiger partial charge in [0.2, 0.25) is 5.91 Å². The first-order valence-corrected chi connectivity index (χ1v) is 8.48. The van der Waals surface area contributed by atoms with Crippen LogP contribution in [0.3, 0.4) is 0 Å². The normalized spacial score (nSPS) is 25.5. The van der Waals surface area contributed by atoms with Gasteiger partial charge in [0.1, 0.15) is 17.9 Å². The number of carbonyl (C=O) groups excluding carboxylic acids is 2. The molecular weight excluding hydrogens is 330 g/mol. The van der Waals surface area contributed by atoms with Crippen LogP contribution in [0.5, 0.6) is 0 Å². The van der Waals surface area contributed by atoms with Crippen LogP contribution >= 0.6 is 0 Å². The summed E-state index contributed by atoms with van der Waals surface area (Å²) in [5.74, 6) is -2.08. The third-order valence-corrected chi connectivity index (χ3v) is 4.64. The lowest BCUT2D eigenvalue weighted by Gasteiger charge is -2.41. The Morgan fingerprint density at radius 3 is 2.64 bits per heavy atom. The quantitative estimate of drug-likeness (QED) is 0.757. The van der Waals surface area contributed by atoms with Crippen molar-refractivity contribution in [2.24, 2.45) is 0 Å². The van der Waals surface area contributed by atoms with Crippen molar-refractivity contribution in [2.45, 2.75) is 44.6 Å². The van der Waals surface area contributed by atoms with Crippen LogP contribution in [-0.2, 0) is 4.79 Å². The van der Waals surface area contributed by atoms with E-state index in [-0.39, 0.29) is 29.8 Å². The largest absolute Gasteiger partial charge is 0.349 e. The van der Waals surface area contributed by atoms with Crippen LogP contribution in [0.15, 0.2) is 18.2 Å². The van der Waals surface area contributed by atoms with Gasteiger partial charge in [-0.25, -0.2) is 8.78 Å². The maximum Gasteiger partial charge on any atom is 0.254 e. The highest BCUT2D eigenvalue weighted by atomic mass is 19.1. The molecule has 1 aromatic rings. The average Bonchev–Trinajstić information content (AvgIpc) is 2.54. The number of rotatable bonds is 3. The zero-order chi connectivity index (χ0) is 18.0. The predicted octanol–water partition coefficient (Wildman–Crippen LogP) is 0.941. The van der Waals surface area contributed by atoms with Gasteiger partial charge in [-0.05, 0) is 31.9 Å². The molecule has 0 bridgehead atoms. The molecule has 25 heavy (non-hydrogen) atoms. The number of nitrogens with zero attached hydrogens (tertiary/aromatic N) is 1. The maximum absolute atomic E-state index is 13.7. The summed E-state index contributed by atoms with van der Waals surface area (Å²) in [5, 5.41) is 9.05. The molecule has 0 spiro atoms. The number of likely N-dealkylation sites (tertiary alicyclic amines) is 1. The van der Waals surface area contributed by atoms with Crippen LogP contribution < -0.4 is 16.0 Å². The van der Waals surface area contributed by atoms with Gasteiger partial charge in [0.15, 0.2) is 0 Å². The molecule has 1 aromatic carbocycles. The fraction of sp³-hybridized carbons (Fsp3) is 0.529. The van der Waals surface area contributed by atoms with Crippen LogP contribution in [0, 0.1) is 11.6 Å². The van der Waals surface area contributed by atoms with E-state index in [1.807, 2.05) is 6.92 Å². The Labute approximate surface area is 144 Å². The fourth-order valence-corrected chi connectivity index (χ4v) is 3.30. The van der Waals surface area contributed by atoms with Crippen LogP contribution in [-0.4, -0.2) is 48.2 Å². The topological polar surface area (TPSA) is 73.5 Å². The molecule has 2 unspecified atom stereocenters. The molecule has 2 aliphatic rings. The molecule has 2 atom stereocenters. The van der Waals surface area contributed by atoms with Crippen molar-refractivity contribution in [3.05, 3.63) is 35.4 Å². The summed E-state index contributed by atoms with van der Waals surface area (Å²) in [5.41, 5.74) is -0.154. The van der Waals surface area contributed by atoms with Gasteiger partial charge in [-0.15, -0.1) is 0 Å². The van der Waals surface area contributed by atoms with Gasteiger partial charge in [0, 0.05) is 37.7 Å². The zero-order valence-electron chi connectivity index (χ0n) is 14.0. The minimum absolute atomic E-state index is 0.0264. The lowest BCUT2D eigenvalue weighted by Crippen LogP contribution is -2.65. The number of halogens is 2. The van der Waals surface area contributed by atoms with E-state index in [2.05, 4.69) is 20.9 Å². The first-order valence-electron chi connectivity index (χ1n) is 8.48. The van der Waals surface area contributed by atoms with Gasteiger partial charge in [0.05, 0.1) is 5.56 Å². The molecule has 2 fully saturated rings. The van der Waals surface area contributed by atoms with Crippen LogP contribution in [0.1, 0.15) is 36.5 Å². The number of benzene rings is 1. The smallest absolute Gasteiger partial charge is 0.254 e. The number of piperidine rings is 1.